The van der Waals surface area contributed by atoms with Crippen LogP contribution in [0.25, 0.3) is 0 Å². The number of carboxylic acids is 1. The van der Waals surface area contributed by atoms with Crippen molar-refractivity contribution in [3.8, 4) is 0 Å². The van der Waals surface area contributed by atoms with Crippen LogP contribution in [-0.4, -0.2) is 45.1 Å². The molecule has 0 rings (SSSR count). The van der Waals surface area contributed by atoms with Crippen LogP contribution in [-0.2, 0) is 9.59 Å². The van der Waals surface area contributed by atoms with Crippen LogP contribution in [0, 0.1) is 0 Å². The quantitative estimate of drug-likeness (QED) is 0.588. The first-order valence-corrected chi connectivity index (χ1v) is 7.08. The highest BCUT2D eigenvalue weighted by molar-refractivity contribution is 8.01. The zero-order valence-electron chi connectivity index (χ0n) is 12.4. The first kappa shape index (κ1) is 18.7. The summed E-state index contributed by atoms with van der Waals surface area (Å²) in [4.78, 5) is 33.9. The van der Waals surface area contributed by atoms with E-state index in [4.69, 9.17) is 10.8 Å². The van der Waals surface area contributed by atoms with Crippen LogP contribution in [0.2, 0.25) is 0 Å². The summed E-state index contributed by atoms with van der Waals surface area (Å²) < 4.78 is -0.816. The Balaban J connectivity index is 4.30. The molecule has 0 aliphatic rings. The van der Waals surface area contributed by atoms with E-state index in [1.807, 2.05) is 0 Å². The molecule has 1 atom stereocenters. The van der Waals surface area contributed by atoms with E-state index in [2.05, 4.69) is 10.6 Å². The van der Waals surface area contributed by atoms with E-state index < -0.39 is 34.2 Å². The molecule has 0 spiro atoms. The number of carbonyl (C=O) groups is 3. The van der Waals surface area contributed by atoms with Crippen molar-refractivity contribution in [2.24, 2.45) is 5.73 Å². The molecule has 0 saturated carbocycles. The monoisotopic (exact) mass is 305 g/mol. The third-order valence-corrected chi connectivity index (χ3v) is 3.74. The molecule has 0 aliphatic carbocycles. The lowest BCUT2D eigenvalue weighted by atomic mass is 10.1. The number of imide groups is 1. The van der Waals surface area contributed by atoms with Crippen LogP contribution in [0.3, 0.4) is 0 Å². The highest BCUT2D eigenvalue weighted by Gasteiger charge is 2.33. The Morgan fingerprint density at radius 3 is 2.10 bits per heavy atom. The van der Waals surface area contributed by atoms with Gasteiger partial charge in [-0.1, -0.05) is 0 Å². The molecule has 7 nitrogen and oxygen atoms in total. The molecule has 0 radical (unpaired) electrons. The summed E-state index contributed by atoms with van der Waals surface area (Å²) in [6, 6.07) is -1.67. The molecular formula is C12H23N3O4S. The van der Waals surface area contributed by atoms with Crippen LogP contribution in [0.5, 0.6) is 0 Å². The van der Waals surface area contributed by atoms with Crippen LogP contribution in [0.15, 0.2) is 0 Å². The van der Waals surface area contributed by atoms with E-state index in [0.29, 0.717) is 0 Å². The summed E-state index contributed by atoms with van der Waals surface area (Å²) in [5.41, 5.74) is 5.09. The molecular weight excluding hydrogens is 282 g/mol. The Bertz CT molecular complexity index is 391. The Hall–Kier alpha value is -1.28. The minimum atomic E-state index is -1.13. The van der Waals surface area contributed by atoms with E-state index in [1.54, 1.807) is 34.6 Å². The van der Waals surface area contributed by atoms with Crippen molar-refractivity contribution in [3.05, 3.63) is 0 Å². The normalized spacial score (nSPS) is 13.5. The van der Waals surface area contributed by atoms with Crippen molar-refractivity contribution in [1.29, 1.82) is 0 Å². The highest BCUT2D eigenvalue weighted by Crippen LogP contribution is 2.27. The lowest BCUT2D eigenvalue weighted by Gasteiger charge is -2.27. The van der Waals surface area contributed by atoms with Crippen LogP contribution in [0.1, 0.15) is 34.6 Å². The maximum absolute atomic E-state index is 11.6. The topological polar surface area (TPSA) is 122 Å². The van der Waals surface area contributed by atoms with Crippen molar-refractivity contribution >= 4 is 29.7 Å². The summed E-state index contributed by atoms with van der Waals surface area (Å²) in [6.45, 7) is 8.65. The lowest BCUT2D eigenvalue weighted by Crippen LogP contribution is -2.50. The minimum Gasteiger partial charge on any atom is -0.480 e. The maximum atomic E-state index is 11.6. The van der Waals surface area contributed by atoms with Gasteiger partial charge in [0.1, 0.15) is 6.04 Å². The molecule has 8 heteroatoms. The van der Waals surface area contributed by atoms with Gasteiger partial charge in [-0.05, 0) is 34.6 Å². The maximum Gasteiger partial charge on any atom is 0.321 e. The van der Waals surface area contributed by atoms with Gasteiger partial charge in [-0.15, -0.1) is 11.8 Å². The fraction of sp³-hybridized carbons (Fsp3) is 0.750. The van der Waals surface area contributed by atoms with Crippen molar-refractivity contribution in [1.82, 2.24) is 10.6 Å². The molecule has 0 aromatic rings. The first-order chi connectivity index (χ1) is 8.85. The number of hydrogen-bond donors (Lipinski definition) is 4. The van der Waals surface area contributed by atoms with Crippen molar-refractivity contribution < 1.29 is 19.5 Å². The number of thioether (sulfide) groups is 1. The fourth-order valence-corrected chi connectivity index (χ4v) is 2.03. The lowest BCUT2D eigenvalue weighted by molar-refractivity contribution is -0.139. The van der Waals surface area contributed by atoms with Gasteiger partial charge in [0, 0.05) is 10.3 Å². The van der Waals surface area contributed by atoms with Crippen LogP contribution >= 0.6 is 11.8 Å². The van der Waals surface area contributed by atoms with E-state index in [-0.39, 0.29) is 5.75 Å². The number of urea groups is 1. The second-order valence-electron chi connectivity index (χ2n) is 5.96. The molecule has 0 aliphatic heterocycles. The van der Waals surface area contributed by atoms with Gasteiger partial charge in [0.2, 0.25) is 5.91 Å². The molecule has 0 unspecified atom stereocenters. The standard InChI is InChI=1S/C12H23N3O4S/c1-11(2,3)15-10(19)14-7(16)6-20-12(4,5)8(13)9(17)18/h8H,6,13H2,1-5H3,(H,17,18)(H2,14,15,16,19)/t8-/m1/s1. The van der Waals surface area contributed by atoms with E-state index in [0.717, 1.165) is 11.8 Å². The number of nitrogens with one attached hydrogen (secondary N) is 2. The van der Waals surface area contributed by atoms with E-state index in [1.165, 1.54) is 0 Å². The van der Waals surface area contributed by atoms with Gasteiger partial charge in [-0.25, -0.2) is 4.79 Å². The number of nitrogens with two attached hydrogens (primary N) is 1. The van der Waals surface area contributed by atoms with Gasteiger partial charge in [0.15, 0.2) is 0 Å². The number of amides is 3. The summed E-state index contributed by atoms with van der Waals surface area (Å²) in [7, 11) is 0. The fourth-order valence-electron chi connectivity index (χ4n) is 1.17. The number of carboxylic acid groups (broad SMARTS) is 1. The summed E-state index contributed by atoms with van der Waals surface area (Å²) in [5.74, 6) is -1.68. The second kappa shape index (κ2) is 6.94. The highest BCUT2D eigenvalue weighted by atomic mass is 32.2. The minimum absolute atomic E-state index is 0.0501. The second-order valence-corrected chi connectivity index (χ2v) is 7.59. The average Bonchev–Trinajstić information content (AvgIpc) is 2.22. The molecule has 116 valence electrons. The molecule has 0 aromatic heterocycles. The summed E-state index contributed by atoms with van der Waals surface area (Å²) >= 11 is 1.09. The predicted octanol–water partition coefficient (Wildman–Crippen LogP) is 0.534. The zero-order chi connectivity index (χ0) is 16.1. The van der Waals surface area contributed by atoms with E-state index in [9.17, 15) is 14.4 Å². The summed E-state index contributed by atoms with van der Waals surface area (Å²) in [5, 5.41) is 13.6. The average molecular weight is 305 g/mol. The van der Waals surface area contributed by atoms with Gasteiger partial charge in [0.05, 0.1) is 5.75 Å². The van der Waals surface area contributed by atoms with Crippen LogP contribution in [0.4, 0.5) is 4.79 Å². The molecule has 0 fully saturated rings. The van der Waals surface area contributed by atoms with Gasteiger partial charge in [0.25, 0.3) is 0 Å². The SMILES string of the molecule is CC(C)(C)NC(=O)NC(=O)CSC(C)(C)[C@H](N)C(=O)O. The van der Waals surface area contributed by atoms with Crippen molar-refractivity contribution in [2.45, 2.75) is 50.9 Å². The Morgan fingerprint density at radius 2 is 1.70 bits per heavy atom. The number of carbonyl (C=O) groups excluding carboxylic acids is 2. The predicted molar refractivity (Wildman–Crippen MR) is 78.6 cm³/mol. The van der Waals surface area contributed by atoms with Gasteiger partial charge in [-0.2, -0.15) is 0 Å². The molecule has 3 amide bonds. The molecule has 0 heterocycles. The van der Waals surface area contributed by atoms with Crippen LogP contribution < -0.4 is 16.4 Å². The van der Waals surface area contributed by atoms with Gasteiger partial charge >= 0.3 is 12.0 Å². The Kier molecular flexibility index (Phi) is 6.49. The third kappa shape index (κ3) is 7.34. The summed E-state index contributed by atoms with van der Waals surface area (Å²) in [6.07, 6.45) is 0. The third-order valence-electron chi connectivity index (χ3n) is 2.33. The first-order valence-electron chi connectivity index (χ1n) is 6.09. The zero-order valence-corrected chi connectivity index (χ0v) is 13.3. The van der Waals surface area contributed by atoms with Gasteiger partial charge in [-0.3, -0.25) is 14.9 Å². The largest absolute Gasteiger partial charge is 0.480 e. The van der Waals surface area contributed by atoms with E-state index >= 15 is 0 Å². The number of rotatable bonds is 5. The molecule has 5 N–H and O–H groups in total. The Morgan fingerprint density at radius 1 is 1.20 bits per heavy atom. The number of aliphatic carboxylic acids is 1. The molecule has 0 aromatic carbocycles. The molecule has 20 heavy (non-hydrogen) atoms. The number of hydrogen-bond acceptors (Lipinski definition) is 5. The van der Waals surface area contributed by atoms with Gasteiger partial charge < -0.3 is 16.2 Å². The molecule has 0 saturated heterocycles. The van der Waals surface area contributed by atoms with Crippen molar-refractivity contribution in [2.75, 3.05) is 5.75 Å². The smallest absolute Gasteiger partial charge is 0.321 e. The Labute approximate surface area is 123 Å². The van der Waals surface area contributed by atoms with Crippen molar-refractivity contribution in [3.63, 3.8) is 0 Å². The molecule has 0 bridgehead atoms.